The molecular weight excluding hydrogens is 454 g/mol. The van der Waals surface area contributed by atoms with E-state index in [9.17, 15) is 9.59 Å². The summed E-state index contributed by atoms with van der Waals surface area (Å²) in [4.78, 5) is 25.3. The zero-order valence-electron chi connectivity index (χ0n) is 16.0. The summed E-state index contributed by atoms with van der Waals surface area (Å²) >= 11 is 9.52. The van der Waals surface area contributed by atoms with Crippen LogP contribution in [0.15, 0.2) is 65.1 Å². The molecule has 1 N–H and O–H groups in total. The van der Waals surface area contributed by atoms with Crippen molar-refractivity contribution in [3.05, 3.63) is 92.4 Å². The third-order valence-corrected chi connectivity index (χ3v) is 5.00. The predicted molar refractivity (Wildman–Crippen MR) is 119 cm³/mol. The van der Waals surface area contributed by atoms with Gasteiger partial charge in [-0.1, -0.05) is 57.9 Å². The van der Waals surface area contributed by atoms with Gasteiger partial charge in [-0.25, -0.2) is 0 Å². The summed E-state index contributed by atoms with van der Waals surface area (Å²) in [6.45, 7) is 3.66. The molecule has 6 heteroatoms. The fraction of sp³-hybridized carbons (Fsp3) is 0.130. The van der Waals surface area contributed by atoms with E-state index in [4.69, 9.17) is 16.3 Å². The van der Waals surface area contributed by atoms with Gasteiger partial charge in [0.2, 0.25) is 0 Å². The molecule has 0 saturated heterocycles. The fourth-order valence-corrected chi connectivity index (χ4v) is 3.87. The molecule has 3 rings (SSSR count). The normalized spacial score (nSPS) is 10.5. The lowest BCUT2D eigenvalue weighted by atomic mass is 10.0. The average Bonchev–Trinajstić information content (AvgIpc) is 2.68. The van der Waals surface area contributed by atoms with Crippen LogP contribution in [0.1, 0.15) is 27.0 Å². The Hall–Kier alpha value is -2.63. The first-order valence-electron chi connectivity index (χ1n) is 8.94. The summed E-state index contributed by atoms with van der Waals surface area (Å²) in [7, 11) is 0. The van der Waals surface area contributed by atoms with E-state index in [0.717, 1.165) is 15.6 Å². The molecule has 0 spiro atoms. The smallest absolute Gasteiger partial charge is 0.262 e. The molecule has 0 atom stereocenters. The summed E-state index contributed by atoms with van der Waals surface area (Å²) in [5.41, 5.74) is 3.09. The maximum atomic E-state index is 12.9. The van der Waals surface area contributed by atoms with Gasteiger partial charge in [0.05, 0.1) is 5.69 Å². The molecule has 3 aromatic carbocycles. The highest BCUT2D eigenvalue weighted by atomic mass is 79.9. The lowest BCUT2D eigenvalue weighted by molar-refractivity contribution is -0.118. The van der Waals surface area contributed by atoms with Gasteiger partial charge in [0.1, 0.15) is 5.75 Å². The van der Waals surface area contributed by atoms with E-state index in [1.807, 2.05) is 32.0 Å². The highest BCUT2D eigenvalue weighted by molar-refractivity contribution is 9.10. The second-order valence-corrected chi connectivity index (χ2v) is 7.94. The molecule has 0 aliphatic rings. The van der Waals surface area contributed by atoms with Gasteiger partial charge in [-0.3, -0.25) is 9.59 Å². The van der Waals surface area contributed by atoms with Gasteiger partial charge in [0, 0.05) is 20.6 Å². The van der Waals surface area contributed by atoms with Gasteiger partial charge in [-0.15, -0.1) is 0 Å². The van der Waals surface area contributed by atoms with Crippen LogP contribution in [0.4, 0.5) is 5.69 Å². The van der Waals surface area contributed by atoms with E-state index in [1.165, 1.54) is 0 Å². The maximum absolute atomic E-state index is 12.9. The minimum Gasteiger partial charge on any atom is -0.483 e. The van der Waals surface area contributed by atoms with Gasteiger partial charge < -0.3 is 10.1 Å². The molecule has 29 heavy (non-hydrogen) atoms. The van der Waals surface area contributed by atoms with Gasteiger partial charge in [-0.2, -0.15) is 0 Å². The Morgan fingerprint density at radius 3 is 2.31 bits per heavy atom. The number of ether oxygens (including phenoxy) is 1. The van der Waals surface area contributed by atoms with Crippen LogP contribution in [0, 0.1) is 13.8 Å². The van der Waals surface area contributed by atoms with E-state index in [0.29, 0.717) is 27.6 Å². The zero-order valence-corrected chi connectivity index (χ0v) is 18.3. The molecule has 0 saturated carbocycles. The third-order valence-electron chi connectivity index (χ3n) is 4.31. The number of hydrogen-bond donors (Lipinski definition) is 1. The van der Waals surface area contributed by atoms with Crippen molar-refractivity contribution in [1.82, 2.24) is 0 Å². The summed E-state index contributed by atoms with van der Waals surface area (Å²) in [5, 5.41) is 3.17. The second kappa shape index (κ2) is 9.25. The Kier molecular flexibility index (Phi) is 6.72. The van der Waals surface area contributed by atoms with E-state index in [2.05, 4.69) is 21.2 Å². The van der Waals surface area contributed by atoms with Gasteiger partial charge in [-0.05, 0) is 55.3 Å². The molecule has 0 aliphatic heterocycles. The van der Waals surface area contributed by atoms with Crippen molar-refractivity contribution in [3.63, 3.8) is 0 Å². The van der Waals surface area contributed by atoms with Crippen LogP contribution < -0.4 is 10.1 Å². The molecule has 0 radical (unpaired) electrons. The van der Waals surface area contributed by atoms with Crippen LogP contribution in [-0.4, -0.2) is 18.3 Å². The van der Waals surface area contributed by atoms with E-state index < -0.39 is 0 Å². The number of nitrogens with one attached hydrogen (secondary N) is 1. The van der Waals surface area contributed by atoms with Crippen LogP contribution >= 0.6 is 27.5 Å². The first-order valence-corrected chi connectivity index (χ1v) is 10.1. The predicted octanol–water partition coefficient (Wildman–Crippen LogP) is 5.97. The van der Waals surface area contributed by atoms with Gasteiger partial charge in [0.15, 0.2) is 12.4 Å². The number of rotatable bonds is 6. The van der Waals surface area contributed by atoms with E-state index >= 15 is 0 Å². The highest BCUT2D eigenvalue weighted by Gasteiger charge is 2.17. The number of anilines is 1. The average molecular weight is 473 g/mol. The zero-order chi connectivity index (χ0) is 21.0. The standard InChI is InChI=1S/C23H19BrClNO3/c1-14-10-17(24)11-15(2)23(14)29-13-21(27)26-20-9-8-18(25)12-19(20)22(28)16-6-4-3-5-7-16/h3-12H,13H2,1-2H3,(H,26,27). The molecule has 1 amide bonds. The molecule has 3 aromatic rings. The molecule has 0 fully saturated rings. The molecule has 0 bridgehead atoms. The van der Waals surface area contributed by atoms with Crippen molar-refractivity contribution >= 4 is 44.9 Å². The Bertz CT molecular complexity index is 1040. The Labute approximate surface area is 183 Å². The van der Waals surface area contributed by atoms with Crippen molar-refractivity contribution in [2.75, 3.05) is 11.9 Å². The largest absolute Gasteiger partial charge is 0.483 e. The number of aryl methyl sites for hydroxylation is 2. The number of carbonyl (C=O) groups is 2. The molecule has 148 valence electrons. The van der Waals surface area contributed by atoms with Crippen molar-refractivity contribution in [2.45, 2.75) is 13.8 Å². The lowest BCUT2D eigenvalue weighted by Crippen LogP contribution is -2.22. The summed E-state index contributed by atoms with van der Waals surface area (Å²) in [6.07, 6.45) is 0. The molecule has 0 aromatic heterocycles. The van der Waals surface area contributed by atoms with Crippen LogP contribution in [0.25, 0.3) is 0 Å². The second-order valence-electron chi connectivity index (χ2n) is 6.59. The number of benzene rings is 3. The van der Waals surface area contributed by atoms with Crippen molar-refractivity contribution < 1.29 is 14.3 Å². The topological polar surface area (TPSA) is 55.4 Å². The van der Waals surface area contributed by atoms with E-state index in [1.54, 1.807) is 42.5 Å². The molecule has 0 unspecified atom stereocenters. The number of ketones is 1. The van der Waals surface area contributed by atoms with Crippen LogP contribution in [0.2, 0.25) is 5.02 Å². The first kappa shape index (κ1) is 21.1. The van der Waals surface area contributed by atoms with Gasteiger partial charge >= 0.3 is 0 Å². The summed E-state index contributed by atoms with van der Waals surface area (Å²) < 4.78 is 6.67. The number of amides is 1. The minimum absolute atomic E-state index is 0.176. The van der Waals surface area contributed by atoms with Crippen molar-refractivity contribution in [2.24, 2.45) is 0 Å². The Morgan fingerprint density at radius 1 is 1.00 bits per heavy atom. The maximum Gasteiger partial charge on any atom is 0.262 e. The van der Waals surface area contributed by atoms with Crippen molar-refractivity contribution in [3.8, 4) is 5.75 Å². The minimum atomic E-state index is -0.365. The fourth-order valence-electron chi connectivity index (χ4n) is 3.01. The summed E-state index contributed by atoms with van der Waals surface area (Å²) in [6, 6.07) is 17.5. The van der Waals surface area contributed by atoms with Crippen LogP contribution in [0.3, 0.4) is 0 Å². The number of halogens is 2. The lowest BCUT2D eigenvalue weighted by Gasteiger charge is -2.14. The van der Waals surface area contributed by atoms with E-state index in [-0.39, 0.29) is 18.3 Å². The molecule has 0 heterocycles. The van der Waals surface area contributed by atoms with Crippen molar-refractivity contribution in [1.29, 1.82) is 0 Å². The molecule has 0 aliphatic carbocycles. The SMILES string of the molecule is Cc1cc(Br)cc(C)c1OCC(=O)Nc1ccc(Cl)cc1C(=O)c1ccccc1. The Morgan fingerprint density at radius 2 is 1.66 bits per heavy atom. The Balaban J connectivity index is 1.77. The number of carbonyl (C=O) groups excluding carboxylic acids is 2. The molecule has 4 nitrogen and oxygen atoms in total. The summed E-state index contributed by atoms with van der Waals surface area (Å²) in [5.74, 6) is 0.0834. The number of hydrogen-bond acceptors (Lipinski definition) is 3. The first-order chi connectivity index (χ1) is 13.8. The van der Waals surface area contributed by atoms with Gasteiger partial charge in [0.25, 0.3) is 5.91 Å². The van der Waals surface area contributed by atoms with Crippen LogP contribution in [0.5, 0.6) is 5.75 Å². The quantitative estimate of drug-likeness (QED) is 0.450. The monoisotopic (exact) mass is 471 g/mol. The molecular formula is C23H19BrClNO3. The van der Waals surface area contributed by atoms with Crippen LogP contribution in [-0.2, 0) is 4.79 Å². The highest BCUT2D eigenvalue weighted by Crippen LogP contribution is 2.28. The third kappa shape index (κ3) is 5.25.